The van der Waals surface area contributed by atoms with Crippen LogP contribution in [0.3, 0.4) is 0 Å². The number of nitrogens with zero attached hydrogens (tertiary/aromatic N) is 3. The molecule has 3 heterocycles. The van der Waals surface area contributed by atoms with E-state index in [9.17, 15) is 4.79 Å². The zero-order valence-corrected chi connectivity index (χ0v) is 18.4. The summed E-state index contributed by atoms with van der Waals surface area (Å²) in [7, 11) is 0. The molecule has 0 saturated carbocycles. The van der Waals surface area contributed by atoms with E-state index in [0.717, 1.165) is 43.4 Å². The lowest BCUT2D eigenvalue weighted by Gasteiger charge is -2.34. The standard InChI is InChI=1S/C20H23ClN4OS2/c1-13-3-4-15-18(14(13)2)23-20(28-15)25-11-9-24(10-12-25)8-7-22-19(26)16-5-6-17(21)27-16/h3-6H,7-12H2,1-2H3,(H,22,26). The smallest absolute Gasteiger partial charge is 0.261 e. The Hall–Kier alpha value is -1.67. The average Bonchev–Trinajstić information content (AvgIpc) is 3.32. The molecule has 0 atom stereocenters. The molecule has 0 aliphatic carbocycles. The van der Waals surface area contributed by atoms with Crippen molar-refractivity contribution in [3.8, 4) is 0 Å². The Bertz CT molecular complexity index is 991. The number of halogens is 1. The quantitative estimate of drug-likeness (QED) is 0.654. The molecular formula is C20H23ClN4OS2. The molecule has 28 heavy (non-hydrogen) atoms. The number of carbonyl (C=O) groups excluding carboxylic acids is 1. The number of thiazole rings is 1. The minimum Gasteiger partial charge on any atom is -0.350 e. The van der Waals surface area contributed by atoms with Crippen molar-refractivity contribution in [2.45, 2.75) is 13.8 Å². The maximum atomic E-state index is 12.1. The van der Waals surface area contributed by atoms with Crippen LogP contribution >= 0.6 is 34.3 Å². The van der Waals surface area contributed by atoms with E-state index in [1.165, 1.54) is 27.2 Å². The van der Waals surface area contributed by atoms with E-state index < -0.39 is 0 Å². The van der Waals surface area contributed by atoms with E-state index in [1.807, 2.05) is 0 Å². The van der Waals surface area contributed by atoms with Crippen molar-refractivity contribution in [2.24, 2.45) is 0 Å². The van der Waals surface area contributed by atoms with Crippen molar-refractivity contribution in [2.75, 3.05) is 44.2 Å². The first kappa shape index (κ1) is 19.6. The van der Waals surface area contributed by atoms with E-state index in [-0.39, 0.29) is 5.91 Å². The van der Waals surface area contributed by atoms with Gasteiger partial charge in [0.1, 0.15) is 0 Å². The van der Waals surface area contributed by atoms with Crippen molar-refractivity contribution in [3.05, 3.63) is 44.6 Å². The summed E-state index contributed by atoms with van der Waals surface area (Å²) >= 11 is 8.98. The average molecular weight is 435 g/mol. The molecule has 0 unspecified atom stereocenters. The molecule has 148 valence electrons. The minimum atomic E-state index is -0.0457. The number of anilines is 1. The van der Waals surface area contributed by atoms with Gasteiger partial charge in [-0.25, -0.2) is 4.98 Å². The van der Waals surface area contributed by atoms with Crippen LogP contribution in [0, 0.1) is 13.8 Å². The summed E-state index contributed by atoms with van der Waals surface area (Å²) in [5.74, 6) is -0.0457. The molecule has 1 saturated heterocycles. The van der Waals surface area contributed by atoms with Crippen LogP contribution in [-0.4, -0.2) is 55.1 Å². The topological polar surface area (TPSA) is 48.5 Å². The fraction of sp³-hybridized carbons (Fsp3) is 0.400. The van der Waals surface area contributed by atoms with Crippen LogP contribution in [0.1, 0.15) is 20.8 Å². The third kappa shape index (κ3) is 4.17. The number of aryl methyl sites for hydroxylation is 2. The fourth-order valence-corrected chi connectivity index (χ4v) is 5.40. The monoisotopic (exact) mass is 434 g/mol. The lowest BCUT2D eigenvalue weighted by atomic mass is 10.1. The first-order valence-electron chi connectivity index (χ1n) is 9.39. The van der Waals surface area contributed by atoms with Crippen LogP contribution in [0.4, 0.5) is 5.13 Å². The summed E-state index contributed by atoms with van der Waals surface area (Å²) in [4.78, 5) is 22.4. The molecular weight excluding hydrogens is 412 g/mol. The van der Waals surface area contributed by atoms with E-state index >= 15 is 0 Å². The number of rotatable bonds is 5. The second-order valence-electron chi connectivity index (χ2n) is 7.04. The molecule has 0 spiro atoms. The zero-order valence-electron chi connectivity index (χ0n) is 16.0. The Balaban J connectivity index is 1.28. The van der Waals surface area contributed by atoms with Crippen LogP contribution in [-0.2, 0) is 0 Å². The van der Waals surface area contributed by atoms with Crippen molar-refractivity contribution < 1.29 is 4.79 Å². The SMILES string of the molecule is Cc1ccc2sc(N3CCN(CCNC(=O)c4ccc(Cl)s4)CC3)nc2c1C. The highest BCUT2D eigenvalue weighted by molar-refractivity contribution is 7.22. The van der Waals surface area contributed by atoms with Crippen LogP contribution in [0.5, 0.6) is 0 Å². The summed E-state index contributed by atoms with van der Waals surface area (Å²) < 4.78 is 1.90. The Morgan fingerprint density at radius 2 is 1.93 bits per heavy atom. The molecule has 0 bridgehead atoms. The Labute approximate surface area is 177 Å². The molecule has 5 nitrogen and oxygen atoms in total. The van der Waals surface area contributed by atoms with Crippen molar-refractivity contribution >= 4 is 55.5 Å². The number of piperazine rings is 1. The van der Waals surface area contributed by atoms with Crippen molar-refractivity contribution in [1.82, 2.24) is 15.2 Å². The highest BCUT2D eigenvalue weighted by atomic mass is 35.5. The summed E-state index contributed by atoms with van der Waals surface area (Å²) in [6, 6.07) is 7.88. The van der Waals surface area contributed by atoms with E-state index in [4.69, 9.17) is 16.6 Å². The highest BCUT2D eigenvalue weighted by Gasteiger charge is 2.20. The molecule has 4 rings (SSSR count). The molecule has 1 N–H and O–H groups in total. The summed E-state index contributed by atoms with van der Waals surface area (Å²) in [6.07, 6.45) is 0. The van der Waals surface area contributed by atoms with Crippen LogP contribution in [0.25, 0.3) is 10.2 Å². The van der Waals surface area contributed by atoms with Gasteiger partial charge < -0.3 is 10.2 Å². The van der Waals surface area contributed by atoms with Gasteiger partial charge in [0, 0.05) is 39.3 Å². The maximum absolute atomic E-state index is 12.1. The normalized spacial score (nSPS) is 15.3. The lowest BCUT2D eigenvalue weighted by Crippen LogP contribution is -2.48. The molecule has 2 aromatic heterocycles. The largest absolute Gasteiger partial charge is 0.350 e. The van der Waals surface area contributed by atoms with Gasteiger partial charge in [-0.15, -0.1) is 11.3 Å². The number of benzene rings is 1. The van der Waals surface area contributed by atoms with E-state index in [1.54, 1.807) is 23.5 Å². The number of nitrogens with one attached hydrogen (secondary N) is 1. The molecule has 0 radical (unpaired) electrons. The number of carbonyl (C=O) groups is 1. The van der Waals surface area contributed by atoms with E-state index in [0.29, 0.717) is 15.8 Å². The van der Waals surface area contributed by atoms with Gasteiger partial charge in [-0.2, -0.15) is 0 Å². The molecule has 8 heteroatoms. The van der Waals surface area contributed by atoms with Crippen molar-refractivity contribution in [3.63, 3.8) is 0 Å². The predicted octanol–water partition coefficient (Wildman–Crippen LogP) is 4.18. The Morgan fingerprint density at radius 1 is 1.14 bits per heavy atom. The third-order valence-corrected chi connectivity index (χ3v) is 7.54. The summed E-state index contributed by atoms with van der Waals surface area (Å²) in [5.41, 5.74) is 3.71. The van der Waals surface area contributed by atoms with Crippen LogP contribution < -0.4 is 10.2 Å². The summed E-state index contributed by atoms with van der Waals surface area (Å²) in [5, 5.41) is 4.10. The fourth-order valence-electron chi connectivity index (χ4n) is 3.36. The molecule has 1 aliphatic rings. The molecule has 1 aromatic carbocycles. The van der Waals surface area contributed by atoms with Crippen LogP contribution in [0.15, 0.2) is 24.3 Å². The number of thiophene rings is 1. The van der Waals surface area contributed by atoms with Gasteiger partial charge in [0.05, 0.1) is 19.4 Å². The number of amides is 1. The molecule has 1 aliphatic heterocycles. The number of fused-ring (bicyclic) bond motifs is 1. The number of hydrogen-bond acceptors (Lipinski definition) is 6. The van der Waals surface area contributed by atoms with Gasteiger partial charge in [-0.1, -0.05) is 29.0 Å². The highest BCUT2D eigenvalue weighted by Crippen LogP contribution is 2.32. The van der Waals surface area contributed by atoms with E-state index in [2.05, 4.69) is 41.1 Å². The van der Waals surface area contributed by atoms with Gasteiger partial charge in [-0.3, -0.25) is 9.69 Å². The van der Waals surface area contributed by atoms with Crippen LogP contribution in [0.2, 0.25) is 4.34 Å². The first-order valence-corrected chi connectivity index (χ1v) is 11.4. The minimum absolute atomic E-state index is 0.0457. The van der Waals surface area contributed by atoms with Gasteiger partial charge in [0.2, 0.25) is 0 Å². The number of aromatic nitrogens is 1. The van der Waals surface area contributed by atoms with Gasteiger partial charge in [0.15, 0.2) is 5.13 Å². The Morgan fingerprint density at radius 3 is 2.64 bits per heavy atom. The zero-order chi connectivity index (χ0) is 19.7. The van der Waals surface area contributed by atoms with Gasteiger partial charge in [0.25, 0.3) is 5.91 Å². The Kier molecular flexibility index (Phi) is 5.87. The van der Waals surface area contributed by atoms with Gasteiger partial charge >= 0.3 is 0 Å². The molecule has 1 amide bonds. The lowest BCUT2D eigenvalue weighted by molar-refractivity contribution is 0.0952. The number of hydrogen-bond donors (Lipinski definition) is 1. The van der Waals surface area contributed by atoms with Crippen molar-refractivity contribution in [1.29, 1.82) is 0 Å². The molecule has 3 aromatic rings. The first-order chi connectivity index (χ1) is 13.5. The maximum Gasteiger partial charge on any atom is 0.261 e. The predicted molar refractivity (Wildman–Crippen MR) is 119 cm³/mol. The summed E-state index contributed by atoms with van der Waals surface area (Å²) in [6.45, 7) is 9.68. The second kappa shape index (κ2) is 8.37. The second-order valence-corrected chi connectivity index (χ2v) is 9.76. The third-order valence-electron chi connectivity index (χ3n) is 5.23. The van der Waals surface area contributed by atoms with Gasteiger partial charge in [-0.05, 0) is 43.2 Å². The molecule has 1 fully saturated rings.